The second-order valence-corrected chi connectivity index (χ2v) is 5.63. The predicted octanol–water partition coefficient (Wildman–Crippen LogP) is 4.48. The molecule has 0 aliphatic carbocycles. The van der Waals surface area contributed by atoms with Gasteiger partial charge in [-0.1, -0.05) is 19.9 Å². The molecule has 0 aliphatic heterocycles. The summed E-state index contributed by atoms with van der Waals surface area (Å²) in [6, 6.07) is 6.08. The summed E-state index contributed by atoms with van der Waals surface area (Å²) in [5.74, 6) is -0.940. The summed E-state index contributed by atoms with van der Waals surface area (Å²) in [6.45, 7) is 4.87. The van der Waals surface area contributed by atoms with Gasteiger partial charge in [0.1, 0.15) is 11.6 Å². The van der Waals surface area contributed by atoms with Crippen molar-refractivity contribution in [2.24, 2.45) is 0 Å². The van der Waals surface area contributed by atoms with E-state index in [-0.39, 0.29) is 11.6 Å². The van der Waals surface area contributed by atoms with Crippen molar-refractivity contribution in [3.63, 3.8) is 0 Å². The van der Waals surface area contributed by atoms with E-state index in [4.69, 9.17) is 0 Å². The molecule has 108 valence electrons. The lowest BCUT2D eigenvalue weighted by molar-refractivity contribution is 0.502. The van der Waals surface area contributed by atoms with Crippen LogP contribution < -0.4 is 5.32 Å². The molecule has 1 aromatic carbocycles. The minimum atomic E-state index is -0.470. The van der Waals surface area contributed by atoms with Crippen LogP contribution in [0.3, 0.4) is 0 Å². The lowest BCUT2D eigenvalue weighted by Gasteiger charge is -2.19. The first-order chi connectivity index (χ1) is 9.67. The van der Waals surface area contributed by atoms with Gasteiger partial charge in [-0.3, -0.25) is 0 Å². The molecule has 0 amide bonds. The molecule has 4 heteroatoms. The molecule has 0 saturated heterocycles. The molecule has 1 heterocycles. The Morgan fingerprint density at radius 3 is 2.45 bits per heavy atom. The van der Waals surface area contributed by atoms with Crippen molar-refractivity contribution in [1.29, 1.82) is 0 Å². The largest absolute Gasteiger partial charge is 0.309 e. The SMILES string of the molecule is CCNC(Cc1c(F)cccc1F)c1sccc1CC. The molecule has 0 spiro atoms. The Morgan fingerprint density at radius 2 is 1.85 bits per heavy atom. The molecule has 0 fully saturated rings. The van der Waals surface area contributed by atoms with Crippen molar-refractivity contribution in [2.75, 3.05) is 6.54 Å². The molecular weight excluding hydrogens is 276 g/mol. The topological polar surface area (TPSA) is 12.0 Å². The highest BCUT2D eigenvalue weighted by molar-refractivity contribution is 7.10. The summed E-state index contributed by atoms with van der Waals surface area (Å²) < 4.78 is 27.6. The quantitative estimate of drug-likeness (QED) is 0.828. The van der Waals surface area contributed by atoms with E-state index >= 15 is 0 Å². The van der Waals surface area contributed by atoms with Gasteiger partial charge in [0.25, 0.3) is 0 Å². The molecule has 1 unspecified atom stereocenters. The number of aryl methyl sites for hydroxylation is 1. The van der Waals surface area contributed by atoms with Crippen molar-refractivity contribution in [3.8, 4) is 0 Å². The second kappa shape index (κ2) is 6.95. The van der Waals surface area contributed by atoms with Gasteiger partial charge in [0.2, 0.25) is 0 Å². The zero-order chi connectivity index (χ0) is 14.5. The number of thiophene rings is 1. The van der Waals surface area contributed by atoms with Crippen LogP contribution in [0.1, 0.15) is 35.9 Å². The van der Waals surface area contributed by atoms with Gasteiger partial charge >= 0.3 is 0 Å². The van der Waals surface area contributed by atoms with E-state index in [2.05, 4.69) is 18.3 Å². The monoisotopic (exact) mass is 295 g/mol. The second-order valence-electron chi connectivity index (χ2n) is 4.68. The van der Waals surface area contributed by atoms with Crippen LogP contribution in [0.25, 0.3) is 0 Å². The molecule has 0 saturated carbocycles. The first kappa shape index (κ1) is 15.1. The molecule has 0 bridgehead atoms. The smallest absolute Gasteiger partial charge is 0.129 e. The van der Waals surface area contributed by atoms with E-state index in [1.807, 2.05) is 12.3 Å². The van der Waals surface area contributed by atoms with Gasteiger partial charge in [0, 0.05) is 16.5 Å². The third-order valence-electron chi connectivity index (χ3n) is 3.40. The number of hydrogen-bond acceptors (Lipinski definition) is 2. The molecule has 1 nitrogen and oxygen atoms in total. The van der Waals surface area contributed by atoms with E-state index in [0.717, 1.165) is 13.0 Å². The number of rotatable bonds is 6. The van der Waals surface area contributed by atoms with Gasteiger partial charge in [0.15, 0.2) is 0 Å². The number of halogens is 2. The summed E-state index contributed by atoms with van der Waals surface area (Å²) in [7, 11) is 0. The Labute approximate surface area is 122 Å². The fourth-order valence-electron chi connectivity index (χ4n) is 2.38. The third-order valence-corrected chi connectivity index (χ3v) is 4.47. The standard InChI is InChI=1S/C16H19F2NS/c1-3-11-8-9-20-16(11)15(19-4-2)10-12-13(17)6-5-7-14(12)18/h5-9,15,19H,3-4,10H2,1-2H3. The van der Waals surface area contributed by atoms with Crippen LogP contribution in [0, 0.1) is 11.6 Å². The molecule has 1 atom stereocenters. The van der Waals surface area contributed by atoms with Gasteiger partial charge in [0.05, 0.1) is 0 Å². The highest BCUT2D eigenvalue weighted by atomic mass is 32.1. The summed E-state index contributed by atoms with van der Waals surface area (Å²) in [6.07, 6.45) is 1.26. The fourth-order valence-corrected chi connectivity index (χ4v) is 3.45. The van der Waals surface area contributed by atoms with E-state index in [0.29, 0.717) is 6.42 Å². The van der Waals surface area contributed by atoms with Crippen molar-refractivity contribution >= 4 is 11.3 Å². The van der Waals surface area contributed by atoms with Crippen LogP contribution in [0.15, 0.2) is 29.6 Å². The van der Waals surface area contributed by atoms with E-state index in [9.17, 15) is 8.78 Å². The predicted molar refractivity (Wildman–Crippen MR) is 80.2 cm³/mol. The first-order valence-corrected chi connectivity index (χ1v) is 7.77. The number of hydrogen-bond donors (Lipinski definition) is 1. The minimum Gasteiger partial charge on any atom is -0.309 e. The molecule has 20 heavy (non-hydrogen) atoms. The summed E-state index contributed by atoms with van der Waals surface area (Å²) in [5, 5.41) is 5.38. The highest BCUT2D eigenvalue weighted by Gasteiger charge is 2.19. The molecule has 2 aromatic rings. The summed E-state index contributed by atoms with van der Waals surface area (Å²) in [4.78, 5) is 1.18. The number of likely N-dealkylation sites (N-methyl/N-ethyl adjacent to an activating group) is 1. The van der Waals surface area contributed by atoms with Gasteiger partial charge in [-0.25, -0.2) is 8.78 Å². The zero-order valence-corrected chi connectivity index (χ0v) is 12.6. The fraction of sp³-hybridized carbons (Fsp3) is 0.375. The van der Waals surface area contributed by atoms with Crippen LogP contribution in [-0.4, -0.2) is 6.54 Å². The number of benzene rings is 1. The van der Waals surface area contributed by atoms with Crippen molar-refractivity contribution in [3.05, 3.63) is 57.3 Å². The highest BCUT2D eigenvalue weighted by Crippen LogP contribution is 2.29. The molecule has 1 N–H and O–H groups in total. The first-order valence-electron chi connectivity index (χ1n) is 6.89. The van der Waals surface area contributed by atoms with Crippen molar-refractivity contribution in [2.45, 2.75) is 32.7 Å². The maximum Gasteiger partial charge on any atom is 0.129 e. The number of nitrogens with one attached hydrogen (secondary N) is 1. The zero-order valence-electron chi connectivity index (χ0n) is 11.7. The Morgan fingerprint density at radius 1 is 1.15 bits per heavy atom. The van der Waals surface area contributed by atoms with E-state index in [1.165, 1.54) is 28.6 Å². The van der Waals surface area contributed by atoms with Crippen LogP contribution in [-0.2, 0) is 12.8 Å². The average molecular weight is 295 g/mol. The van der Waals surface area contributed by atoms with Gasteiger partial charge in [-0.05, 0) is 48.5 Å². The molecule has 2 rings (SSSR count). The molecule has 1 aromatic heterocycles. The molecule has 0 aliphatic rings. The minimum absolute atomic E-state index is 0.0404. The molecular formula is C16H19F2NS. The summed E-state index contributed by atoms with van der Waals surface area (Å²) >= 11 is 1.65. The Bertz CT molecular complexity index is 545. The van der Waals surface area contributed by atoms with Gasteiger partial charge in [-0.2, -0.15) is 0 Å². The van der Waals surface area contributed by atoms with E-state index in [1.54, 1.807) is 11.3 Å². The van der Waals surface area contributed by atoms with E-state index < -0.39 is 11.6 Å². The maximum atomic E-state index is 13.8. The van der Waals surface area contributed by atoms with Gasteiger partial charge < -0.3 is 5.32 Å². The Kier molecular flexibility index (Phi) is 5.26. The Hall–Kier alpha value is -1.26. The van der Waals surface area contributed by atoms with Crippen molar-refractivity contribution < 1.29 is 8.78 Å². The van der Waals surface area contributed by atoms with Gasteiger partial charge in [-0.15, -0.1) is 11.3 Å². The average Bonchev–Trinajstić information content (AvgIpc) is 2.90. The normalized spacial score (nSPS) is 12.6. The molecule has 0 radical (unpaired) electrons. The lowest BCUT2D eigenvalue weighted by atomic mass is 10.0. The van der Waals surface area contributed by atoms with Crippen LogP contribution in [0.2, 0.25) is 0 Å². The van der Waals surface area contributed by atoms with Crippen LogP contribution in [0.4, 0.5) is 8.78 Å². The summed E-state index contributed by atoms with van der Waals surface area (Å²) in [5.41, 5.74) is 1.41. The Balaban J connectivity index is 2.30. The lowest BCUT2D eigenvalue weighted by Crippen LogP contribution is -2.23. The maximum absolute atomic E-state index is 13.8. The van der Waals surface area contributed by atoms with Crippen LogP contribution >= 0.6 is 11.3 Å². The van der Waals surface area contributed by atoms with Crippen molar-refractivity contribution in [1.82, 2.24) is 5.32 Å². The van der Waals surface area contributed by atoms with Crippen LogP contribution in [0.5, 0.6) is 0 Å². The third kappa shape index (κ3) is 3.25.